The van der Waals surface area contributed by atoms with Crippen molar-refractivity contribution >= 4 is 5.91 Å². The minimum atomic E-state index is -0.514. The summed E-state index contributed by atoms with van der Waals surface area (Å²) >= 11 is 0. The van der Waals surface area contributed by atoms with E-state index in [0.29, 0.717) is 6.42 Å². The van der Waals surface area contributed by atoms with Crippen LogP contribution >= 0.6 is 0 Å². The van der Waals surface area contributed by atoms with Gasteiger partial charge in [-0.3, -0.25) is 19.5 Å². The molecule has 0 aliphatic rings. The normalized spacial score (nSPS) is 13.9. The van der Waals surface area contributed by atoms with Crippen LogP contribution < -0.4 is 16.4 Å². The first-order valence-electron chi connectivity index (χ1n) is 5.66. The van der Waals surface area contributed by atoms with Gasteiger partial charge in [-0.05, 0) is 20.3 Å². The van der Waals surface area contributed by atoms with E-state index in [1.165, 1.54) is 0 Å². The summed E-state index contributed by atoms with van der Waals surface area (Å²) in [5, 5.41) is 14.0. The number of carbonyl (C=O) groups excluding carboxylic acids is 1. The van der Waals surface area contributed by atoms with Crippen molar-refractivity contribution in [1.82, 2.24) is 15.1 Å². The fourth-order valence-corrected chi connectivity index (χ4v) is 1.61. The molecule has 0 radical (unpaired) electrons. The molecular formula is C11H17N3O4. The summed E-state index contributed by atoms with van der Waals surface area (Å²) in [6.45, 7) is 3.13. The Morgan fingerprint density at radius 1 is 1.44 bits per heavy atom. The molecule has 0 saturated heterocycles. The number of aliphatic hydroxyl groups is 1. The van der Waals surface area contributed by atoms with Crippen LogP contribution in [0.3, 0.4) is 0 Å². The van der Waals surface area contributed by atoms with Crippen LogP contribution in [0.5, 0.6) is 0 Å². The number of amides is 1. The van der Waals surface area contributed by atoms with Crippen molar-refractivity contribution in [2.75, 3.05) is 0 Å². The van der Waals surface area contributed by atoms with Gasteiger partial charge in [0, 0.05) is 18.2 Å². The summed E-state index contributed by atoms with van der Waals surface area (Å²) in [4.78, 5) is 33.9. The number of aromatic amines is 1. The van der Waals surface area contributed by atoms with Crippen molar-refractivity contribution < 1.29 is 9.90 Å². The summed E-state index contributed by atoms with van der Waals surface area (Å²) in [5.41, 5.74) is -0.896. The molecule has 7 nitrogen and oxygen atoms in total. The van der Waals surface area contributed by atoms with E-state index in [-0.39, 0.29) is 12.6 Å². The molecule has 0 saturated carbocycles. The van der Waals surface area contributed by atoms with Crippen LogP contribution in [-0.2, 0) is 11.3 Å². The van der Waals surface area contributed by atoms with Crippen LogP contribution in [0.1, 0.15) is 20.3 Å². The van der Waals surface area contributed by atoms with Crippen LogP contribution in [0.2, 0.25) is 0 Å². The van der Waals surface area contributed by atoms with Gasteiger partial charge in [0.1, 0.15) is 6.54 Å². The predicted octanol–water partition coefficient (Wildman–Crippen LogP) is -1.19. The molecule has 1 amide bonds. The zero-order valence-electron chi connectivity index (χ0n) is 10.3. The molecule has 3 N–H and O–H groups in total. The molecule has 0 fully saturated rings. The van der Waals surface area contributed by atoms with Gasteiger partial charge in [0.2, 0.25) is 5.91 Å². The Labute approximate surface area is 103 Å². The fraction of sp³-hybridized carbons (Fsp3) is 0.545. The smallest absolute Gasteiger partial charge is 0.265 e. The van der Waals surface area contributed by atoms with Gasteiger partial charge in [0.05, 0.1) is 6.10 Å². The number of H-pyrrole nitrogens is 1. The van der Waals surface area contributed by atoms with Crippen molar-refractivity contribution in [3.63, 3.8) is 0 Å². The van der Waals surface area contributed by atoms with E-state index in [4.69, 9.17) is 5.11 Å². The molecule has 1 aromatic heterocycles. The van der Waals surface area contributed by atoms with Crippen LogP contribution in [-0.4, -0.2) is 32.9 Å². The first-order chi connectivity index (χ1) is 8.38. The molecule has 2 atom stereocenters. The highest BCUT2D eigenvalue weighted by Crippen LogP contribution is 1.96. The third kappa shape index (κ3) is 4.54. The highest BCUT2D eigenvalue weighted by Gasteiger charge is 2.11. The summed E-state index contributed by atoms with van der Waals surface area (Å²) in [5.74, 6) is -0.396. The maximum atomic E-state index is 11.6. The number of hydrogen-bond donors (Lipinski definition) is 3. The average Bonchev–Trinajstić information content (AvgIpc) is 2.21. The van der Waals surface area contributed by atoms with Crippen molar-refractivity contribution in [3.05, 3.63) is 32.8 Å². The molecule has 0 aromatic carbocycles. The minimum Gasteiger partial charge on any atom is -0.393 e. The van der Waals surface area contributed by atoms with Crippen LogP contribution in [0.15, 0.2) is 21.7 Å². The minimum absolute atomic E-state index is 0.205. The van der Waals surface area contributed by atoms with Gasteiger partial charge in [0.25, 0.3) is 11.1 Å². The van der Waals surface area contributed by atoms with Gasteiger partial charge in [-0.25, -0.2) is 4.68 Å². The topological polar surface area (TPSA) is 104 Å². The Hall–Kier alpha value is -1.89. The molecule has 2 unspecified atom stereocenters. The second-order valence-corrected chi connectivity index (χ2v) is 4.29. The third-order valence-corrected chi connectivity index (χ3v) is 2.29. The highest BCUT2D eigenvalue weighted by atomic mass is 16.3. The monoisotopic (exact) mass is 255 g/mol. The fourth-order valence-electron chi connectivity index (χ4n) is 1.61. The van der Waals surface area contributed by atoms with Gasteiger partial charge in [-0.1, -0.05) is 0 Å². The molecule has 1 aromatic rings. The quantitative estimate of drug-likeness (QED) is 0.615. The van der Waals surface area contributed by atoms with Gasteiger partial charge >= 0.3 is 0 Å². The largest absolute Gasteiger partial charge is 0.393 e. The Bertz CT molecular complexity index is 518. The maximum Gasteiger partial charge on any atom is 0.265 e. The lowest BCUT2D eigenvalue weighted by Gasteiger charge is -2.15. The highest BCUT2D eigenvalue weighted by molar-refractivity contribution is 5.75. The molecule has 0 aliphatic heterocycles. The lowest BCUT2D eigenvalue weighted by Crippen LogP contribution is -2.40. The van der Waals surface area contributed by atoms with Crippen molar-refractivity contribution in [1.29, 1.82) is 0 Å². The van der Waals surface area contributed by atoms with Gasteiger partial charge in [-0.15, -0.1) is 0 Å². The molecule has 100 valence electrons. The number of rotatable bonds is 5. The predicted molar refractivity (Wildman–Crippen MR) is 65.2 cm³/mol. The van der Waals surface area contributed by atoms with E-state index in [9.17, 15) is 14.4 Å². The van der Waals surface area contributed by atoms with E-state index in [0.717, 1.165) is 16.8 Å². The van der Waals surface area contributed by atoms with Gasteiger partial charge < -0.3 is 10.4 Å². The molecular weight excluding hydrogens is 238 g/mol. The molecule has 18 heavy (non-hydrogen) atoms. The van der Waals surface area contributed by atoms with Crippen molar-refractivity contribution in [3.8, 4) is 0 Å². The summed E-state index contributed by atoms with van der Waals surface area (Å²) in [6, 6.07) is 2.00. The van der Waals surface area contributed by atoms with Crippen LogP contribution in [0.25, 0.3) is 0 Å². The second kappa shape index (κ2) is 6.15. The summed E-state index contributed by atoms with van der Waals surface area (Å²) in [6.07, 6.45) is -0.0917. The maximum absolute atomic E-state index is 11.6. The van der Waals surface area contributed by atoms with Crippen LogP contribution in [0, 0.1) is 0 Å². The Balaban J connectivity index is 2.62. The molecule has 1 rings (SSSR count). The van der Waals surface area contributed by atoms with E-state index >= 15 is 0 Å². The Morgan fingerprint density at radius 2 is 2.11 bits per heavy atom. The van der Waals surface area contributed by atoms with E-state index in [1.54, 1.807) is 13.8 Å². The zero-order chi connectivity index (χ0) is 13.7. The number of aromatic nitrogens is 2. The van der Waals surface area contributed by atoms with Gasteiger partial charge in [-0.2, -0.15) is 0 Å². The number of hydrogen-bond acceptors (Lipinski definition) is 4. The first kappa shape index (κ1) is 14.2. The summed E-state index contributed by atoms with van der Waals surface area (Å²) < 4.78 is 0.937. The molecule has 7 heteroatoms. The SMILES string of the molecule is CC(O)CC(C)NC(=O)Cn1[nH]c(=O)ccc1=O. The standard InChI is InChI=1S/C11H17N3O4/c1-7(5-8(2)15)12-10(17)6-14-11(18)4-3-9(16)13-14/h3-4,7-8,15H,5-6H2,1-2H3,(H,12,17)(H,13,16). The number of nitrogens with zero attached hydrogens (tertiary/aromatic N) is 1. The third-order valence-electron chi connectivity index (χ3n) is 2.29. The van der Waals surface area contributed by atoms with Crippen molar-refractivity contribution in [2.45, 2.75) is 39.0 Å². The van der Waals surface area contributed by atoms with E-state index in [1.807, 2.05) is 0 Å². The zero-order valence-corrected chi connectivity index (χ0v) is 10.3. The first-order valence-corrected chi connectivity index (χ1v) is 5.66. The summed E-state index contributed by atoms with van der Waals surface area (Å²) in [7, 11) is 0. The number of nitrogens with one attached hydrogen (secondary N) is 2. The molecule has 0 bridgehead atoms. The van der Waals surface area contributed by atoms with E-state index < -0.39 is 23.1 Å². The Kier molecular flexibility index (Phi) is 4.85. The van der Waals surface area contributed by atoms with Crippen molar-refractivity contribution in [2.24, 2.45) is 0 Å². The number of carbonyl (C=O) groups is 1. The number of aliphatic hydroxyl groups excluding tert-OH is 1. The lowest BCUT2D eigenvalue weighted by molar-refractivity contribution is -0.122. The lowest BCUT2D eigenvalue weighted by atomic mass is 10.1. The van der Waals surface area contributed by atoms with E-state index in [2.05, 4.69) is 10.4 Å². The molecule has 1 heterocycles. The second-order valence-electron chi connectivity index (χ2n) is 4.29. The van der Waals surface area contributed by atoms with Crippen LogP contribution in [0.4, 0.5) is 0 Å². The van der Waals surface area contributed by atoms with Gasteiger partial charge in [0.15, 0.2) is 0 Å². The molecule has 0 spiro atoms. The average molecular weight is 255 g/mol. The Morgan fingerprint density at radius 3 is 2.72 bits per heavy atom. The molecule has 0 aliphatic carbocycles.